The SMILES string of the molecule is Cc1ccc(F)cc1-c1nc(C(N)C(=O)O)cs1. The molecule has 1 aromatic heterocycles. The normalized spacial score (nSPS) is 12.4. The Bertz CT molecular complexity index is 598. The Morgan fingerprint density at radius 3 is 2.94 bits per heavy atom. The summed E-state index contributed by atoms with van der Waals surface area (Å²) >= 11 is 1.25. The molecule has 1 heterocycles. The van der Waals surface area contributed by atoms with Crippen molar-refractivity contribution in [3.05, 3.63) is 40.7 Å². The molecular formula is C12H11FN2O2S. The molecule has 4 nitrogen and oxygen atoms in total. The molecule has 1 aromatic carbocycles. The third-order valence-corrected chi connectivity index (χ3v) is 3.43. The van der Waals surface area contributed by atoms with Crippen LogP contribution in [0.4, 0.5) is 4.39 Å². The standard InChI is InChI=1S/C12H11FN2O2S/c1-6-2-3-7(13)4-8(6)11-15-9(5-18-11)10(14)12(16)17/h2-5,10H,14H2,1H3,(H,16,17). The summed E-state index contributed by atoms with van der Waals surface area (Å²) < 4.78 is 13.2. The van der Waals surface area contributed by atoms with Gasteiger partial charge in [0.1, 0.15) is 16.9 Å². The first-order valence-electron chi connectivity index (χ1n) is 5.19. The van der Waals surface area contributed by atoms with Gasteiger partial charge in [-0.1, -0.05) is 6.07 Å². The Labute approximate surface area is 107 Å². The van der Waals surface area contributed by atoms with E-state index in [1.807, 2.05) is 6.92 Å². The molecule has 2 rings (SSSR count). The second-order valence-corrected chi connectivity index (χ2v) is 4.71. The molecule has 3 N–H and O–H groups in total. The molecule has 1 unspecified atom stereocenters. The minimum atomic E-state index is -1.15. The molecule has 18 heavy (non-hydrogen) atoms. The van der Waals surface area contributed by atoms with Crippen molar-refractivity contribution in [1.29, 1.82) is 0 Å². The number of aliphatic carboxylic acids is 1. The van der Waals surface area contributed by atoms with Crippen molar-refractivity contribution in [3.8, 4) is 10.6 Å². The van der Waals surface area contributed by atoms with Crippen LogP contribution >= 0.6 is 11.3 Å². The maximum atomic E-state index is 13.2. The molecule has 0 fully saturated rings. The molecule has 0 spiro atoms. The van der Waals surface area contributed by atoms with Gasteiger partial charge >= 0.3 is 5.97 Å². The molecule has 0 saturated heterocycles. The second-order valence-electron chi connectivity index (χ2n) is 3.85. The molecule has 6 heteroatoms. The van der Waals surface area contributed by atoms with Gasteiger partial charge in [0, 0.05) is 10.9 Å². The fraction of sp³-hybridized carbons (Fsp3) is 0.167. The predicted molar refractivity (Wildman–Crippen MR) is 66.8 cm³/mol. The fourth-order valence-electron chi connectivity index (χ4n) is 1.50. The largest absolute Gasteiger partial charge is 0.480 e. The molecule has 0 radical (unpaired) electrons. The topological polar surface area (TPSA) is 76.2 Å². The van der Waals surface area contributed by atoms with Crippen molar-refractivity contribution >= 4 is 17.3 Å². The molecular weight excluding hydrogens is 255 g/mol. The Morgan fingerprint density at radius 1 is 1.56 bits per heavy atom. The maximum absolute atomic E-state index is 13.2. The van der Waals surface area contributed by atoms with E-state index in [-0.39, 0.29) is 11.5 Å². The zero-order valence-electron chi connectivity index (χ0n) is 9.55. The summed E-state index contributed by atoms with van der Waals surface area (Å²) in [7, 11) is 0. The number of aromatic nitrogens is 1. The smallest absolute Gasteiger partial charge is 0.326 e. The number of carbonyl (C=O) groups is 1. The van der Waals surface area contributed by atoms with Crippen LogP contribution in [0.5, 0.6) is 0 Å². The molecule has 0 saturated carbocycles. The lowest BCUT2D eigenvalue weighted by atomic mass is 10.1. The van der Waals surface area contributed by atoms with Gasteiger partial charge < -0.3 is 10.8 Å². The first-order chi connectivity index (χ1) is 8.49. The number of halogens is 1. The van der Waals surface area contributed by atoms with Gasteiger partial charge in [0.2, 0.25) is 0 Å². The van der Waals surface area contributed by atoms with Crippen molar-refractivity contribution in [2.24, 2.45) is 5.73 Å². The van der Waals surface area contributed by atoms with Crippen molar-refractivity contribution in [1.82, 2.24) is 4.98 Å². The van der Waals surface area contributed by atoms with Crippen molar-refractivity contribution in [2.45, 2.75) is 13.0 Å². The number of benzene rings is 1. The van der Waals surface area contributed by atoms with E-state index in [4.69, 9.17) is 10.8 Å². The average Bonchev–Trinajstić information content (AvgIpc) is 2.80. The van der Waals surface area contributed by atoms with Crippen LogP contribution in [-0.4, -0.2) is 16.1 Å². The number of carboxylic acid groups (broad SMARTS) is 1. The van der Waals surface area contributed by atoms with Crippen LogP contribution in [0, 0.1) is 12.7 Å². The summed E-state index contributed by atoms with van der Waals surface area (Å²) in [5.41, 5.74) is 7.28. The number of hydrogen-bond donors (Lipinski definition) is 2. The molecule has 0 bridgehead atoms. The second kappa shape index (κ2) is 4.83. The van der Waals surface area contributed by atoms with Gasteiger partial charge in [-0.2, -0.15) is 0 Å². The molecule has 0 aliphatic heterocycles. The summed E-state index contributed by atoms with van der Waals surface area (Å²) in [5, 5.41) is 10.9. The highest BCUT2D eigenvalue weighted by atomic mass is 32.1. The molecule has 0 aliphatic carbocycles. The lowest BCUT2D eigenvalue weighted by Crippen LogP contribution is -2.20. The lowest BCUT2D eigenvalue weighted by Gasteiger charge is -2.03. The monoisotopic (exact) mass is 266 g/mol. The zero-order valence-corrected chi connectivity index (χ0v) is 10.4. The number of thiazole rings is 1. The summed E-state index contributed by atoms with van der Waals surface area (Å²) in [6.45, 7) is 1.84. The Kier molecular flexibility index (Phi) is 3.40. The number of carboxylic acids is 1. The molecule has 0 amide bonds. The van der Waals surface area contributed by atoms with Gasteiger partial charge in [0.05, 0.1) is 5.69 Å². The van der Waals surface area contributed by atoms with E-state index >= 15 is 0 Å². The lowest BCUT2D eigenvalue weighted by molar-refractivity contribution is -0.138. The first kappa shape index (κ1) is 12.7. The van der Waals surface area contributed by atoms with E-state index in [0.29, 0.717) is 10.6 Å². The van der Waals surface area contributed by atoms with Crippen molar-refractivity contribution in [3.63, 3.8) is 0 Å². The minimum absolute atomic E-state index is 0.283. The van der Waals surface area contributed by atoms with E-state index in [1.54, 1.807) is 11.4 Å². The summed E-state index contributed by atoms with van der Waals surface area (Å²) in [5.74, 6) is -1.49. The van der Waals surface area contributed by atoms with Crippen LogP contribution in [0.3, 0.4) is 0 Å². The zero-order chi connectivity index (χ0) is 13.3. The average molecular weight is 266 g/mol. The van der Waals surface area contributed by atoms with Gasteiger partial charge in [-0.05, 0) is 24.6 Å². The number of hydrogen-bond acceptors (Lipinski definition) is 4. The third kappa shape index (κ3) is 2.39. The summed E-state index contributed by atoms with van der Waals surface area (Å²) in [6.07, 6.45) is 0. The number of aryl methyl sites for hydroxylation is 1. The van der Waals surface area contributed by atoms with Gasteiger partial charge in [0.15, 0.2) is 0 Å². The quantitative estimate of drug-likeness (QED) is 0.894. The first-order valence-corrected chi connectivity index (χ1v) is 6.07. The number of nitrogens with two attached hydrogens (primary N) is 1. The highest BCUT2D eigenvalue weighted by Crippen LogP contribution is 2.28. The molecule has 0 aliphatic rings. The van der Waals surface area contributed by atoms with Crippen LogP contribution < -0.4 is 5.73 Å². The fourth-order valence-corrected chi connectivity index (χ4v) is 2.44. The maximum Gasteiger partial charge on any atom is 0.326 e. The van der Waals surface area contributed by atoms with Crippen LogP contribution in [0.25, 0.3) is 10.6 Å². The number of nitrogens with zero attached hydrogens (tertiary/aromatic N) is 1. The van der Waals surface area contributed by atoms with Gasteiger partial charge in [-0.3, -0.25) is 4.79 Å². The van der Waals surface area contributed by atoms with Crippen LogP contribution in [0.1, 0.15) is 17.3 Å². The van der Waals surface area contributed by atoms with Crippen molar-refractivity contribution < 1.29 is 14.3 Å². The van der Waals surface area contributed by atoms with E-state index in [1.165, 1.54) is 23.5 Å². The Hall–Kier alpha value is -1.79. The number of rotatable bonds is 3. The predicted octanol–water partition coefficient (Wildman–Crippen LogP) is 2.34. The Balaban J connectivity index is 2.41. The Morgan fingerprint density at radius 2 is 2.28 bits per heavy atom. The molecule has 2 aromatic rings. The van der Waals surface area contributed by atoms with Crippen molar-refractivity contribution in [2.75, 3.05) is 0 Å². The molecule has 1 atom stereocenters. The summed E-state index contributed by atoms with van der Waals surface area (Å²) in [4.78, 5) is 14.9. The van der Waals surface area contributed by atoms with Crippen LogP contribution in [0.15, 0.2) is 23.6 Å². The minimum Gasteiger partial charge on any atom is -0.480 e. The highest BCUT2D eigenvalue weighted by molar-refractivity contribution is 7.13. The van der Waals surface area contributed by atoms with E-state index in [0.717, 1.165) is 5.56 Å². The van der Waals surface area contributed by atoms with Gasteiger partial charge in [0.25, 0.3) is 0 Å². The summed E-state index contributed by atoms with van der Waals surface area (Å²) in [6, 6.07) is 3.26. The molecule has 94 valence electrons. The third-order valence-electron chi connectivity index (χ3n) is 2.54. The van der Waals surface area contributed by atoms with E-state index < -0.39 is 12.0 Å². The van der Waals surface area contributed by atoms with Gasteiger partial charge in [-0.15, -0.1) is 11.3 Å². The van der Waals surface area contributed by atoms with Crippen LogP contribution in [-0.2, 0) is 4.79 Å². The van der Waals surface area contributed by atoms with Crippen LogP contribution in [0.2, 0.25) is 0 Å². The highest BCUT2D eigenvalue weighted by Gasteiger charge is 2.18. The van der Waals surface area contributed by atoms with E-state index in [2.05, 4.69) is 4.98 Å². The van der Waals surface area contributed by atoms with E-state index in [9.17, 15) is 9.18 Å². The van der Waals surface area contributed by atoms with Gasteiger partial charge in [-0.25, -0.2) is 9.37 Å².